The van der Waals surface area contributed by atoms with Gasteiger partial charge in [0.05, 0.1) is 0 Å². The molecule has 1 rings (SSSR count). The van der Waals surface area contributed by atoms with Crippen LogP contribution in [0.15, 0.2) is 12.1 Å². The first-order valence-electron chi connectivity index (χ1n) is 5.00. The zero-order chi connectivity index (χ0) is 10.7. The number of hydrogen-bond acceptors (Lipinski definition) is 2. The highest BCUT2D eigenvalue weighted by Crippen LogP contribution is 2.23. The van der Waals surface area contributed by atoms with Gasteiger partial charge in [-0.2, -0.15) is 0 Å². The second-order valence-corrected chi connectivity index (χ2v) is 3.93. The van der Waals surface area contributed by atoms with Crippen LogP contribution >= 0.6 is 12.4 Å². The molecule has 3 heteroatoms. The second kappa shape index (κ2) is 6.11. The molecule has 1 aromatic rings. The van der Waals surface area contributed by atoms with Gasteiger partial charge >= 0.3 is 0 Å². The molecule has 0 saturated heterocycles. The Morgan fingerprint density at radius 1 is 1.20 bits per heavy atom. The van der Waals surface area contributed by atoms with E-state index in [0.717, 1.165) is 0 Å². The predicted molar refractivity (Wildman–Crippen MR) is 66.5 cm³/mol. The molecule has 1 atom stereocenters. The molecule has 0 saturated carbocycles. The molecule has 3 N–H and O–H groups in total. The van der Waals surface area contributed by atoms with E-state index in [-0.39, 0.29) is 25.1 Å². The lowest BCUT2D eigenvalue weighted by atomic mass is 9.93. The van der Waals surface area contributed by atoms with Crippen LogP contribution < -0.4 is 5.73 Å². The Hall–Kier alpha value is -0.570. The standard InChI is InChI=1S/C12H19NO.ClH/c1-8-6-9(2)12(10(3)7-8)11(13)4-5-14;/h6-7,11,14H,4-5,13H2,1-3H3;1H. The quantitative estimate of drug-likeness (QED) is 0.836. The molecule has 0 aromatic heterocycles. The lowest BCUT2D eigenvalue weighted by Gasteiger charge is -2.17. The molecule has 15 heavy (non-hydrogen) atoms. The molecular formula is C12H20ClNO. The van der Waals surface area contributed by atoms with Gasteiger partial charge in [0.25, 0.3) is 0 Å². The van der Waals surface area contributed by atoms with E-state index in [1.54, 1.807) is 0 Å². The summed E-state index contributed by atoms with van der Waals surface area (Å²) in [4.78, 5) is 0. The number of aliphatic hydroxyl groups excluding tert-OH is 1. The highest BCUT2D eigenvalue weighted by atomic mass is 35.5. The van der Waals surface area contributed by atoms with Crippen LogP contribution in [0.3, 0.4) is 0 Å². The Kier molecular flexibility index (Phi) is 5.88. The number of hydrogen-bond donors (Lipinski definition) is 2. The monoisotopic (exact) mass is 229 g/mol. The van der Waals surface area contributed by atoms with E-state index < -0.39 is 0 Å². The van der Waals surface area contributed by atoms with Gasteiger partial charge in [-0.25, -0.2) is 0 Å². The van der Waals surface area contributed by atoms with E-state index in [2.05, 4.69) is 32.9 Å². The van der Waals surface area contributed by atoms with E-state index in [1.807, 2.05) is 0 Å². The third kappa shape index (κ3) is 3.49. The Balaban J connectivity index is 0.00000196. The van der Waals surface area contributed by atoms with Gasteiger partial charge in [0.2, 0.25) is 0 Å². The molecule has 0 fully saturated rings. The second-order valence-electron chi connectivity index (χ2n) is 3.93. The maximum absolute atomic E-state index is 8.85. The molecule has 0 radical (unpaired) electrons. The highest BCUT2D eigenvalue weighted by molar-refractivity contribution is 5.85. The number of rotatable bonds is 3. The predicted octanol–water partition coefficient (Wildman–Crippen LogP) is 2.42. The van der Waals surface area contributed by atoms with Crippen molar-refractivity contribution in [1.82, 2.24) is 0 Å². The summed E-state index contributed by atoms with van der Waals surface area (Å²) >= 11 is 0. The van der Waals surface area contributed by atoms with Crippen LogP contribution in [-0.2, 0) is 0 Å². The zero-order valence-electron chi connectivity index (χ0n) is 9.58. The lowest BCUT2D eigenvalue weighted by Crippen LogP contribution is -2.15. The van der Waals surface area contributed by atoms with Crippen molar-refractivity contribution in [1.29, 1.82) is 0 Å². The largest absolute Gasteiger partial charge is 0.396 e. The molecule has 0 aliphatic rings. The minimum Gasteiger partial charge on any atom is -0.396 e. The third-order valence-corrected chi connectivity index (χ3v) is 2.55. The molecule has 86 valence electrons. The van der Waals surface area contributed by atoms with E-state index in [1.165, 1.54) is 22.3 Å². The first-order chi connectivity index (χ1) is 6.56. The number of benzene rings is 1. The lowest BCUT2D eigenvalue weighted by molar-refractivity contribution is 0.276. The fraction of sp³-hybridized carbons (Fsp3) is 0.500. The van der Waals surface area contributed by atoms with Gasteiger partial charge in [-0.3, -0.25) is 0 Å². The molecular weight excluding hydrogens is 210 g/mol. The number of aliphatic hydroxyl groups is 1. The van der Waals surface area contributed by atoms with Crippen LogP contribution in [0.2, 0.25) is 0 Å². The van der Waals surface area contributed by atoms with Crippen LogP contribution in [-0.4, -0.2) is 11.7 Å². The molecule has 0 aliphatic heterocycles. The summed E-state index contributed by atoms with van der Waals surface area (Å²) in [5.41, 5.74) is 10.9. The summed E-state index contributed by atoms with van der Waals surface area (Å²) < 4.78 is 0. The molecule has 1 aromatic carbocycles. The summed E-state index contributed by atoms with van der Waals surface area (Å²) in [6.07, 6.45) is 0.630. The number of halogens is 1. The minimum absolute atomic E-state index is 0. The van der Waals surface area contributed by atoms with Crippen molar-refractivity contribution in [2.45, 2.75) is 33.2 Å². The number of aryl methyl sites for hydroxylation is 3. The average molecular weight is 230 g/mol. The van der Waals surface area contributed by atoms with Crippen LogP contribution in [0.1, 0.15) is 34.7 Å². The van der Waals surface area contributed by atoms with E-state index in [4.69, 9.17) is 10.8 Å². The fourth-order valence-corrected chi connectivity index (χ4v) is 2.06. The maximum atomic E-state index is 8.85. The van der Waals surface area contributed by atoms with Crippen molar-refractivity contribution in [3.05, 3.63) is 34.4 Å². The van der Waals surface area contributed by atoms with Crippen molar-refractivity contribution in [2.75, 3.05) is 6.61 Å². The summed E-state index contributed by atoms with van der Waals surface area (Å²) in [6, 6.07) is 4.24. The van der Waals surface area contributed by atoms with Gasteiger partial charge in [0, 0.05) is 12.6 Å². The smallest absolute Gasteiger partial charge is 0.0449 e. The zero-order valence-corrected chi connectivity index (χ0v) is 10.4. The third-order valence-electron chi connectivity index (χ3n) is 2.55. The van der Waals surface area contributed by atoms with Gasteiger partial charge in [0.15, 0.2) is 0 Å². The van der Waals surface area contributed by atoms with Crippen molar-refractivity contribution in [2.24, 2.45) is 5.73 Å². The molecule has 0 aliphatic carbocycles. The van der Waals surface area contributed by atoms with Gasteiger partial charge < -0.3 is 10.8 Å². The average Bonchev–Trinajstić information content (AvgIpc) is 2.01. The van der Waals surface area contributed by atoms with Gasteiger partial charge in [-0.15, -0.1) is 12.4 Å². The van der Waals surface area contributed by atoms with Crippen molar-refractivity contribution < 1.29 is 5.11 Å². The Labute approximate surface area is 97.9 Å². The van der Waals surface area contributed by atoms with E-state index >= 15 is 0 Å². The van der Waals surface area contributed by atoms with Crippen LogP contribution in [0.4, 0.5) is 0 Å². The SMILES string of the molecule is Cc1cc(C)c(C(N)CCO)c(C)c1.Cl. The summed E-state index contributed by atoms with van der Waals surface area (Å²) in [5.74, 6) is 0. The molecule has 0 spiro atoms. The Bertz CT molecular complexity index is 302. The van der Waals surface area contributed by atoms with Crippen LogP contribution in [0.25, 0.3) is 0 Å². The van der Waals surface area contributed by atoms with Gasteiger partial charge in [-0.1, -0.05) is 17.7 Å². The van der Waals surface area contributed by atoms with E-state index in [9.17, 15) is 0 Å². The summed E-state index contributed by atoms with van der Waals surface area (Å²) in [6.45, 7) is 6.38. The molecule has 0 amide bonds. The molecule has 0 bridgehead atoms. The fourth-order valence-electron chi connectivity index (χ4n) is 2.06. The first kappa shape index (κ1) is 14.4. The Morgan fingerprint density at radius 2 is 1.67 bits per heavy atom. The maximum Gasteiger partial charge on any atom is 0.0449 e. The van der Waals surface area contributed by atoms with Crippen molar-refractivity contribution in [3.8, 4) is 0 Å². The highest BCUT2D eigenvalue weighted by Gasteiger charge is 2.11. The minimum atomic E-state index is -0.0411. The summed E-state index contributed by atoms with van der Waals surface area (Å²) in [7, 11) is 0. The summed E-state index contributed by atoms with van der Waals surface area (Å²) in [5, 5.41) is 8.85. The molecule has 2 nitrogen and oxygen atoms in total. The molecule has 1 unspecified atom stereocenters. The van der Waals surface area contributed by atoms with Gasteiger partial charge in [0.1, 0.15) is 0 Å². The van der Waals surface area contributed by atoms with Gasteiger partial charge in [-0.05, 0) is 43.9 Å². The van der Waals surface area contributed by atoms with Crippen molar-refractivity contribution in [3.63, 3.8) is 0 Å². The van der Waals surface area contributed by atoms with Crippen LogP contribution in [0, 0.1) is 20.8 Å². The number of nitrogens with two attached hydrogens (primary N) is 1. The Morgan fingerprint density at radius 3 is 2.07 bits per heavy atom. The van der Waals surface area contributed by atoms with E-state index in [0.29, 0.717) is 6.42 Å². The normalized spacial score (nSPS) is 12.1. The van der Waals surface area contributed by atoms with Crippen molar-refractivity contribution >= 4 is 12.4 Å². The topological polar surface area (TPSA) is 46.2 Å². The first-order valence-corrected chi connectivity index (χ1v) is 5.00. The molecule has 0 heterocycles. The van der Waals surface area contributed by atoms with Crippen LogP contribution in [0.5, 0.6) is 0 Å².